The molecule has 0 fully saturated rings. The van der Waals surface area contributed by atoms with Gasteiger partial charge in [-0.2, -0.15) is 0 Å². The van der Waals surface area contributed by atoms with Crippen LogP contribution in [0.2, 0.25) is 5.02 Å². The minimum Gasteiger partial charge on any atom is -0.507 e. The van der Waals surface area contributed by atoms with Gasteiger partial charge in [0.2, 0.25) is 0 Å². The van der Waals surface area contributed by atoms with Crippen LogP contribution < -0.4 is 5.73 Å². The van der Waals surface area contributed by atoms with Crippen molar-refractivity contribution in [3.8, 4) is 5.75 Å². The lowest BCUT2D eigenvalue weighted by Crippen LogP contribution is -2.07. The van der Waals surface area contributed by atoms with Crippen molar-refractivity contribution in [3.63, 3.8) is 0 Å². The second-order valence-corrected chi connectivity index (χ2v) is 5.40. The van der Waals surface area contributed by atoms with E-state index in [9.17, 15) is 14.3 Å². The first-order chi connectivity index (χ1) is 10.9. The maximum absolute atomic E-state index is 13.6. The molecule has 0 bridgehead atoms. The van der Waals surface area contributed by atoms with Gasteiger partial charge in [0.15, 0.2) is 0 Å². The van der Waals surface area contributed by atoms with Gasteiger partial charge in [0.1, 0.15) is 11.6 Å². The van der Waals surface area contributed by atoms with E-state index in [-0.39, 0.29) is 29.9 Å². The molecule has 0 amide bonds. The average Bonchev–Trinajstić information content (AvgIpc) is 2.51. The first-order valence-electron chi connectivity index (χ1n) is 6.83. The van der Waals surface area contributed by atoms with Gasteiger partial charge in [0.05, 0.1) is 6.42 Å². The highest BCUT2D eigenvalue weighted by molar-refractivity contribution is 6.30. The second-order valence-electron chi connectivity index (χ2n) is 4.96. The summed E-state index contributed by atoms with van der Waals surface area (Å²) >= 11 is 5.87. The quantitative estimate of drug-likeness (QED) is 0.776. The molecular formula is C17H15ClFNO3. The maximum atomic E-state index is 13.6. The smallest absolute Gasteiger partial charge is 0.303 e. The standard InChI is InChI=1S/C17H15ClFNO3/c18-11-3-1-10(2-4-11)17(14(20)6-8-16(22)23)13-9-12(19)5-7-15(13)21/h1-5,7,9,21H,6,8,20H2,(H,22,23). The van der Waals surface area contributed by atoms with Gasteiger partial charge in [0.25, 0.3) is 0 Å². The molecule has 2 rings (SSSR count). The molecule has 0 atom stereocenters. The van der Waals surface area contributed by atoms with Gasteiger partial charge < -0.3 is 15.9 Å². The van der Waals surface area contributed by atoms with Gasteiger partial charge in [-0.05, 0) is 42.3 Å². The number of carboxylic acids is 1. The highest BCUT2D eigenvalue weighted by Crippen LogP contribution is 2.33. The minimum absolute atomic E-state index is 0.0727. The van der Waals surface area contributed by atoms with E-state index in [4.69, 9.17) is 22.4 Å². The SMILES string of the molecule is NC(CCC(=O)O)=C(c1ccc(Cl)cc1)c1cc(F)ccc1O. The molecule has 23 heavy (non-hydrogen) atoms. The molecule has 0 aliphatic heterocycles. The first-order valence-corrected chi connectivity index (χ1v) is 7.21. The Morgan fingerprint density at radius 2 is 1.78 bits per heavy atom. The number of nitrogens with two attached hydrogens (primary N) is 1. The highest BCUT2D eigenvalue weighted by atomic mass is 35.5. The van der Waals surface area contributed by atoms with Gasteiger partial charge in [0, 0.05) is 21.9 Å². The van der Waals surface area contributed by atoms with Crippen LogP contribution >= 0.6 is 11.6 Å². The molecule has 0 saturated heterocycles. The van der Waals surface area contributed by atoms with E-state index < -0.39 is 11.8 Å². The summed E-state index contributed by atoms with van der Waals surface area (Å²) in [7, 11) is 0. The van der Waals surface area contributed by atoms with Crippen LogP contribution in [0.3, 0.4) is 0 Å². The van der Waals surface area contributed by atoms with Crippen LogP contribution in [-0.4, -0.2) is 16.2 Å². The zero-order valence-corrected chi connectivity index (χ0v) is 12.8. The number of phenols is 1. The van der Waals surface area contributed by atoms with Crippen LogP contribution in [0.4, 0.5) is 4.39 Å². The van der Waals surface area contributed by atoms with E-state index in [0.29, 0.717) is 16.2 Å². The van der Waals surface area contributed by atoms with Crippen LogP contribution in [0.25, 0.3) is 5.57 Å². The van der Waals surface area contributed by atoms with Crippen molar-refractivity contribution in [2.75, 3.05) is 0 Å². The van der Waals surface area contributed by atoms with Crippen LogP contribution in [-0.2, 0) is 4.79 Å². The molecule has 4 nitrogen and oxygen atoms in total. The molecule has 6 heteroatoms. The summed E-state index contributed by atoms with van der Waals surface area (Å²) in [6, 6.07) is 10.1. The Morgan fingerprint density at radius 3 is 2.39 bits per heavy atom. The summed E-state index contributed by atoms with van der Waals surface area (Å²) in [6.07, 6.45) is -0.0950. The Labute approximate surface area is 137 Å². The Hall–Kier alpha value is -2.53. The number of allylic oxidation sites excluding steroid dienone is 1. The summed E-state index contributed by atoms with van der Waals surface area (Å²) in [5.41, 5.74) is 7.49. The van der Waals surface area contributed by atoms with Crippen molar-refractivity contribution >= 4 is 23.1 Å². The van der Waals surface area contributed by atoms with Gasteiger partial charge in [-0.1, -0.05) is 23.7 Å². The molecule has 120 valence electrons. The van der Waals surface area contributed by atoms with Crippen molar-refractivity contribution in [2.45, 2.75) is 12.8 Å². The number of carboxylic acid groups (broad SMARTS) is 1. The fraction of sp³-hybridized carbons (Fsp3) is 0.118. The number of hydrogen-bond donors (Lipinski definition) is 3. The van der Waals surface area contributed by atoms with Gasteiger partial charge >= 0.3 is 5.97 Å². The Morgan fingerprint density at radius 1 is 1.13 bits per heavy atom. The van der Waals surface area contributed by atoms with E-state index in [1.54, 1.807) is 24.3 Å². The Balaban J connectivity index is 2.59. The van der Waals surface area contributed by atoms with Crippen LogP contribution in [0.15, 0.2) is 48.2 Å². The second kappa shape index (κ2) is 7.15. The lowest BCUT2D eigenvalue weighted by Gasteiger charge is -2.14. The van der Waals surface area contributed by atoms with Crippen molar-refractivity contribution in [1.29, 1.82) is 0 Å². The molecule has 0 saturated carbocycles. The molecule has 4 N–H and O–H groups in total. The van der Waals surface area contributed by atoms with E-state index in [0.717, 1.165) is 12.1 Å². The largest absolute Gasteiger partial charge is 0.507 e. The zero-order valence-electron chi connectivity index (χ0n) is 12.1. The molecule has 0 spiro atoms. The first kappa shape index (κ1) is 16.8. The normalized spacial score (nSPS) is 11.9. The Bertz CT molecular complexity index is 757. The average molecular weight is 336 g/mol. The predicted octanol–water partition coefficient (Wildman–Crippen LogP) is 3.77. The number of aromatic hydroxyl groups is 1. The third kappa shape index (κ3) is 4.23. The summed E-state index contributed by atoms with van der Waals surface area (Å²) in [6.45, 7) is 0. The number of carbonyl (C=O) groups is 1. The van der Waals surface area contributed by atoms with Crippen LogP contribution in [0.5, 0.6) is 5.75 Å². The van der Waals surface area contributed by atoms with Gasteiger partial charge in [-0.3, -0.25) is 4.79 Å². The summed E-state index contributed by atoms with van der Waals surface area (Å²) < 4.78 is 13.6. The summed E-state index contributed by atoms with van der Waals surface area (Å²) in [5, 5.41) is 19.4. The zero-order chi connectivity index (χ0) is 17.0. The van der Waals surface area contributed by atoms with Crippen LogP contribution in [0, 0.1) is 5.82 Å². The minimum atomic E-state index is -0.994. The fourth-order valence-corrected chi connectivity index (χ4v) is 2.33. The molecule has 0 aromatic heterocycles. The Kier molecular flexibility index (Phi) is 5.24. The maximum Gasteiger partial charge on any atom is 0.303 e. The van der Waals surface area contributed by atoms with Gasteiger partial charge in [-0.15, -0.1) is 0 Å². The summed E-state index contributed by atoms with van der Waals surface area (Å²) in [5.74, 6) is -1.67. The van der Waals surface area contributed by atoms with Crippen molar-refractivity contribution < 1.29 is 19.4 Å². The highest BCUT2D eigenvalue weighted by Gasteiger charge is 2.15. The topological polar surface area (TPSA) is 83.6 Å². The lowest BCUT2D eigenvalue weighted by atomic mass is 9.93. The molecule has 0 unspecified atom stereocenters. The molecule has 0 radical (unpaired) electrons. The van der Waals surface area contributed by atoms with Gasteiger partial charge in [-0.25, -0.2) is 4.39 Å². The van der Waals surface area contributed by atoms with E-state index in [1.807, 2.05) is 0 Å². The number of benzene rings is 2. The number of rotatable bonds is 5. The van der Waals surface area contributed by atoms with E-state index >= 15 is 0 Å². The fourth-order valence-electron chi connectivity index (χ4n) is 2.21. The molecule has 0 aliphatic carbocycles. The van der Waals surface area contributed by atoms with Crippen molar-refractivity contribution in [2.24, 2.45) is 5.73 Å². The number of halogens is 2. The number of aliphatic carboxylic acids is 1. The van der Waals surface area contributed by atoms with Crippen molar-refractivity contribution in [1.82, 2.24) is 0 Å². The summed E-state index contributed by atoms with van der Waals surface area (Å²) in [4.78, 5) is 10.8. The molecule has 0 heterocycles. The van der Waals surface area contributed by atoms with E-state index in [2.05, 4.69) is 0 Å². The third-order valence-corrected chi connectivity index (χ3v) is 3.54. The van der Waals surface area contributed by atoms with Crippen LogP contribution in [0.1, 0.15) is 24.0 Å². The number of phenolic OH excluding ortho intramolecular Hbond substituents is 1. The lowest BCUT2D eigenvalue weighted by molar-refractivity contribution is -0.136. The molecule has 2 aromatic rings. The predicted molar refractivity (Wildman–Crippen MR) is 86.6 cm³/mol. The molecular weight excluding hydrogens is 321 g/mol. The number of hydrogen-bond acceptors (Lipinski definition) is 3. The third-order valence-electron chi connectivity index (χ3n) is 3.29. The molecule has 2 aromatic carbocycles. The van der Waals surface area contributed by atoms with Crippen molar-refractivity contribution in [3.05, 3.63) is 70.1 Å². The molecule has 0 aliphatic rings. The van der Waals surface area contributed by atoms with E-state index in [1.165, 1.54) is 6.07 Å². The monoisotopic (exact) mass is 335 g/mol.